The molecule has 1 amide bonds. The maximum absolute atomic E-state index is 12.4. The highest BCUT2D eigenvalue weighted by Crippen LogP contribution is 2.38. The first-order valence-corrected chi connectivity index (χ1v) is 8.93. The first-order valence-electron chi connectivity index (χ1n) is 8.93. The van der Waals surface area contributed by atoms with Gasteiger partial charge in [-0.05, 0) is 71.6 Å². The summed E-state index contributed by atoms with van der Waals surface area (Å²) in [5.74, 6) is 0.257. The largest absolute Gasteiger partial charge is 0.461 e. The van der Waals surface area contributed by atoms with Crippen LogP contribution in [0.1, 0.15) is 81.1 Å². The van der Waals surface area contributed by atoms with Crippen LogP contribution in [0.3, 0.4) is 0 Å². The van der Waals surface area contributed by atoms with E-state index < -0.39 is 23.2 Å². The molecule has 140 valence electrons. The molecule has 0 saturated heterocycles. The van der Waals surface area contributed by atoms with E-state index in [1.807, 2.05) is 0 Å². The Kier molecular flexibility index (Phi) is 6.34. The van der Waals surface area contributed by atoms with Gasteiger partial charge < -0.3 is 14.8 Å². The van der Waals surface area contributed by atoms with E-state index in [0.29, 0.717) is 11.3 Å². The van der Waals surface area contributed by atoms with Crippen LogP contribution in [0.25, 0.3) is 0 Å². The predicted molar refractivity (Wildman–Crippen MR) is 94.7 cm³/mol. The number of ether oxygens (including phenoxy) is 2. The number of carbonyl (C=O) groups is 2. The van der Waals surface area contributed by atoms with Crippen molar-refractivity contribution in [2.75, 3.05) is 0 Å². The molecule has 1 fully saturated rings. The lowest BCUT2D eigenvalue weighted by Gasteiger charge is -2.37. The van der Waals surface area contributed by atoms with Gasteiger partial charge >= 0.3 is 12.1 Å². The summed E-state index contributed by atoms with van der Waals surface area (Å²) in [4.78, 5) is 24.3. The standard InChI is InChI=1S/C19H35NO4/c1-17(2,3)13-9-11-14(12-10-13)23-15(21)19(7,8)20-16(22)24-18(4,5)6/h13-14H,9-12H2,1-8H3,(H,20,22)/t13-,14-. The zero-order chi connectivity index (χ0) is 18.8. The third-order valence-corrected chi connectivity index (χ3v) is 4.50. The van der Waals surface area contributed by atoms with Crippen molar-refractivity contribution in [3.05, 3.63) is 0 Å². The van der Waals surface area contributed by atoms with Gasteiger partial charge in [0.25, 0.3) is 0 Å². The highest BCUT2D eigenvalue weighted by molar-refractivity contribution is 5.85. The van der Waals surface area contributed by atoms with E-state index >= 15 is 0 Å². The fraction of sp³-hybridized carbons (Fsp3) is 0.895. The van der Waals surface area contributed by atoms with Crippen LogP contribution < -0.4 is 5.32 Å². The minimum atomic E-state index is -1.11. The fourth-order valence-electron chi connectivity index (χ4n) is 2.96. The molecule has 1 N–H and O–H groups in total. The van der Waals surface area contributed by atoms with Crippen LogP contribution in [0.15, 0.2) is 0 Å². The first kappa shape index (κ1) is 20.8. The molecule has 0 bridgehead atoms. The quantitative estimate of drug-likeness (QED) is 0.771. The molecule has 5 heteroatoms. The maximum atomic E-state index is 12.4. The molecule has 0 aromatic carbocycles. The molecule has 1 aliphatic carbocycles. The zero-order valence-corrected chi connectivity index (χ0v) is 16.6. The van der Waals surface area contributed by atoms with Crippen molar-refractivity contribution in [1.29, 1.82) is 0 Å². The zero-order valence-electron chi connectivity index (χ0n) is 16.6. The van der Waals surface area contributed by atoms with E-state index in [1.54, 1.807) is 34.6 Å². The Bertz CT molecular complexity index is 449. The Morgan fingerprint density at radius 2 is 1.38 bits per heavy atom. The van der Waals surface area contributed by atoms with Gasteiger partial charge in [-0.1, -0.05) is 20.8 Å². The van der Waals surface area contributed by atoms with Gasteiger partial charge in [0.15, 0.2) is 0 Å². The Hall–Kier alpha value is -1.26. The number of hydrogen-bond donors (Lipinski definition) is 1. The first-order chi connectivity index (χ1) is 10.7. The number of alkyl carbamates (subject to hydrolysis) is 1. The number of amides is 1. The van der Waals surface area contributed by atoms with E-state index in [1.165, 1.54) is 0 Å². The Balaban J connectivity index is 2.51. The van der Waals surface area contributed by atoms with Crippen LogP contribution in [-0.4, -0.2) is 29.3 Å². The predicted octanol–water partition coefficient (Wildman–Crippen LogP) is 4.44. The van der Waals surface area contributed by atoms with Crippen molar-refractivity contribution >= 4 is 12.1 Å². The molecular formula is C19H35NO4. The summed E-state index contributed by atoms with van der Waals surface area (Å²) in [6, 6.07) is 0. The van der Waals surface area contributed by atoms with E-state index in [2.05, 4.69) is 26.1 Å². The average molecular weight is 341 g/mol. The second-order valence-electron chi connectivity index (χ2n) is 9.50. The van der Waals surface area contributed by atoms with Crippen LogP contribution in [-0.2, 0) is 14.3 Å². The van der Waals surface area contributed by atoms with E-state index in [9.17, 15) is 9.59 Å². The smallest absolute Gasteiger partial charge is 0.408 e. The van der Waals surface area contributed by atoms with Crippen molar-refractivity contribution in [2.24, 2.45) is 11.3 Å². The van der Waals surface area contributed by atoms with Gasteiger partial charge in [-0.2, -0.15) is 0 Å². The monoisotopic (exact) mass is 341 g/mol. The highest BCUT2D eigenvalue weighted by Gasteiger charge is 2.36. The molecule has 1 rings (SSSR count). The molecule has 0 aromatic heterocycles. The van der Waals surface area contributed by atoms with Crippen LogP contribution in [0.2, 0.25) is 0 Å². The Labute approximate surface area is 146 Å². The lowest BCUT2D eigenvalue weighted by molar-refractivity contribution is -0.158. The fourth-order valence-corrected chi connectivity index (χ4v) is 2.96. The summed E-state index contributed by atoms with van der Waals surface area (Å²) in [5.41, 5.74) is -1.41. The van der Waals surface area contributed by atoms with Gasteiger partial charge in [0.05, 0.1) is 0 Å². The van der Waals surface area contributed by atoms with E-state index in [4.69, 9.17) is 9.47 Å². The van der Waals surface area contributed by atoms with Gasteiger partial charge in [-0.15, -0.1) is 0 Å². The van der Waals surface area contributed by atoms with Gasteiger partial charge in [0.2, 0.25) is 0 Å². The van der Waals surface area contributed by atoms with Gasteiger partial charge in [-0.3, -0.25) is 0 Å². The van der Waals surface area contributed by atoms with Crippen molar-refractivity contribution in [1.82, 2.24) is 5.32 Å². The molecule has 0 aromatic rings. The van der Waals surface area contributed by atoms with Crippen LogP contribution in [0.5, 0.6) is 0 Å². The minimum absolute atomic E-state index is 0.0594. The Morgan fingerprint density at radius 3 is 1.79 bits per heavy atom. The lowest BCUT2D eigenvalue weighted by Crippen LogP contribution is -2.52. The maximum Gasteiger partial charge on any atom is 0.408 e. The number of carbonyl (C=O) groups excluding carboxylic acids is 2. The molecule has 0 radical (unpaired) electrons. The van der Waals surface area contributed by atoms with Crippen LogP contribution in [0, 0.1) is 11.3 Å². The van der Waals surface area contributed by atoms with Crippen molar-refractivity contribution < 1.29 is 19.1 Å². The number of nitrogens with one attached hydrogen (secondary N) is 1. The summed E-state index contributed by atoms with van der Waals surface area (Å²) < 4.78 is 10.8. The molecule has 0 aliphatic heterocycles. The molecule has 0 atom stereocenters. The molecule has 5 nitrogen and oxygen atoms in total. The topological polar surface area (TPSA) is 64.6 Å². The second kappa shape index (κ2) is 7.32. The Morgan fingerprint density at radius 1 is 0.875 bits per heavy atom. The molecule has 0 unspecified atom stereocenters. The van der Waals surface area contributed by atoms with Gasteiger partial charge in [0, 0.05) is 0 Å². The van der Waals surface area contributed by atoms with E-state index in [0.717, 1.165) is 25.7 Å². The molecule has 24 heavy (non-hydrogen) atoms. The van der Waals surface area contributed by atoms with Crippen molar-refractivity contribution in [2.45, 2.75) is 98.3 Å². The lowest BCUT2D eigenvalue weighted by atomic mass is 9.72. The van der Waals surface area contributed by atoms with Crippen molar-refractivity contribution in [3.63, 3.8) is 0 Å². The van der Waals surface area contributed by atoms with Gasteiger partial charge in [-0.25, -0.2) is 9.59 Å². The summed E-state index contributed by atoms with van der Waals surface area (Å²) in [7, 11) is 0. The summed E-state index contributed by atoms with van der Waals surface area (Å²) in [6.45, 7) is 15.4. The van der Waals surface area contributed by atoms with Crippen molar-refractivity contribution in [3.8, 4) is 0 Å². The average Bonchev–Trinajstić information content (AvgIpc) is 2.34. The summed E-state index contributed by atoms with van der Waals surface area (Å²) in [5, 5.41) is 2.60. The number of hydrogen-bond acceptors (Lipinski definition) is 4. The normalized spacial score (nSPS) is 22.7. The van der Waals surface area contributed by atoms with Gasteiger partial charge in [0.1, 0.15) is 17.2 Å². The minimum Gasteiger partial charge on any atom is -0.461 e. The van der Waals surface area contributed by atoms with Crippen LogP contribution in [0.4, 0.5) is 4.79 Å². The highest BCUT2D eigenvalue weighted by atomic mass is 16.6. The van der Waals surface area contributed by atoms with E-state index in [-0.39, 0.29) is 6.10 Å². The summed E-state index contributed by atoms with van der Waals surface area (Å²) >= 11 is 0. The molecule has 1 saturated carbocycles. The molecule has 1 aliphatic rings. The SMILES string of the molecule is CC(C)(C)OC(=O)NC(C)(C)C(=O)O[C@H]1CC[C@H](C(C)(C)C)CC1. The second-order valence-corrected chi connectivity index (χ2v) is 9.50. The summed E-state index contributed by atoms with van der Waals surface area (Å²) in [6.07, 6.45) is 3.24. The molecule has 0 spiro atoms. The number of rotatable bonds is 3. The third kappa shape index (κ3) is 6.70. The third-order valence-electron chi connectivity index (χ3n) is 4.50. The van der Waals surface area contributed by atoms with Crippen LogP contribution >= 0.6 is 0 Å². The molecular weight excluding hydrogens is 306 g/mol. The number of esters is 1. The molecule has 0 heterocycles.